The van der Waals surface area contributed by atoms with Crippen LogP contribution in [-0.2, 0) is 14.7 Å². The maximum atomic E-state index is 12.6. The highest BCUT2D eigenvalue weighted by Gasteiger charge is 2.46. The minimum Gasteiger partial charge on any atom is -0.383 e. The van der Waals surface area contributed by atoms with Gasteiger partial charge in [-0.3, -0.25) is 9.59 Å². The Bertz CT molecular complexity index is 1520. The lowest BCUT2D eigenvalue weighted by Gasteiger charge is -2.27. The summed E-state index contributed by atoms with van der Waals surface area (Å²) < 4.78 is 9.10. The summed E-state index contributed by atoms with van der Waals surface area (Å²) in [7, 11) is 7.10. The molecule has 5 rings (SSSR count). The number of nitrogens with one attached hydrogen (secondary N) is 1. The molecule has 3 radical (unpaired) electrons. The Labute approximate surface area is 228 Å². The second-order valence-corrected chi connectivity index (χ2v) is 10.9. The largest absolute Gasteiger partial charge is 0.383 e. The number of rotatable bonds is 7. The molecule has 0 spiro atoms. The van der Waals surface area contributed by atoms with Gasteiger partial charge in [0.05, 0.1) is 50.4 Å². The Morgan fingerprint density at radius 3 is 2.79 bits per heavy atom. The molecule has 3 N–H and O–H groups in total. The van der Waals surface area contributed by atoms with Crippen molar-refractivity contribution in [2.45, 2.75) is 36.5 Å². The Balaban J connectivity index is 1.55. The number of hydrogen-bond acceptors (Lipinski definition) is 6. The second-order valence-electron chi connectivity index (χ2n) is 9.57. The molecule has 0 unspecified atom stereocenters. The van der Waals surface area contributed by atoms with E-state index in [4.69, 9.17) is 22.1 Å². The molecule has 10 nitrogen and oxygen atoms in total. The topological polar surface area (TPSA) is 120 Å². The monoisotopic (exact) mass is 548 g/mol. The fourth-order valence-electron chi connectivity index (χ4n) is 5.04. The maximum absolute atomic E-state index is 12.6. The van der Waals surface area contributed by atoms with Crippen molar-refractivity contribution in [3.8, 4) is 11.8 Å². The zero-order valence-corrected chi connectivity index (χ0v) is 22.9. The van der Waals surface area contributed by atoms with Gasteiger partial charge in [0.15, 0.2) is 5.69 Å². The first-order valence-corrected chi connectivity index (χ1v) is 13.0. The highest BCUT2D eigenvalue weighted by molar-refractivity contribution is 6.32. The molecule has 2 fully saturated rings. The van der Waals surface area contributed by atoms with Gasteiger partial charge in [-0.25, -0.2) is 9.67 Å². The summed E-state index contributed by atoms with van der Waals surface area (Å²) in [4.78, 5) is 31.3. The predicted octanol–water partition coefficient (Wildman–Crippen LogP) is 2.02. The van der Waals surface area contributed by atoms with E-state index in [1.807, 2.05) is 18.5 Å². The van der Waals surface area contributed by atoms with Crippen molar-refractivity contribution in [1.29, 1.82) is 0 Å². The first kappa shape index (κ1) is 26.0. The fraction of sp³-hybridized carbons (Fsp3) is 0.385. The number of carbonyl (C=O) groups excluding carboxylic acids is 2. The molecular weight excluding hydrogens is 522 g/mol. The number of primary amides is 1. The van der Waals surface area contributed by atoms with Crippen LogP contribution in [0.15, 0.2) is 31.1 Å². The Morgan fingerprint density at radius 1 is 1.39 bits per heavy atom. The summed E-state index contributed by atoms with van der Waals surface area (Å²) >= 11 is 6.58. The van der Waals surface area contributed by atoms with E-state index >= 15 is 0 Å². The number of likely N-dealkylation sites (tertiary alicyclic amines) is 1. The molecule has 0 bridgehead atoms. The SMILES string of the molecule is C=CC(=O)N1C[C@@]([Si])(n2nc(C#Cc3cc4ncn(C5CC5)c4cc3Cl)c(C(N)=O)c2NC)C[C@@H]1COC. The van der Waals surface area contributed by atoms with Crippen LogP contribution in [0.5, 0.6) is 0 Å². The number of imidazole rings is 1. The third kappa shape index (κ3) is 4.49. The van der Waals surface area contributed by atoms with Crippen LogP contribution >= 0.6 is 11.6 Å². The van der Waals surface area contributed by atoms with E-state index in [0.717, 1.165) is 23.9 Å². The number of fused-ring (bicyclic) bond motifs is 1. The van der Waals surface area contributed by atoms with Crippen LogP contribution in [0.3, 0.4) is 0 Å². The molecule has 2 atom stereocenters. The summed E-state index contributed by atoms with van der Waals surface area (Å²) in [6, 6.07) is 3.94. The van der Waals surface area contributed by atoms with E-state index in [1.165, 1.54) is 6.08 Å². The van der Waals surface area contributed by atoms with Crippen molar-refractivity contribution in [2.24, 2.45) is 5.73 Å². The maximum Gasteiger partial charge on any atom is 0.255 e. The molecule has 1 saturated carbocycles. The van der Waals surface area contributed by atoms with Crippen molar-refractivity contribution >= 4 is 50.5 Å². The number of nitrogens with zero attached hydrogens (tertiary/aromatic N) is 5. The molecule has 2 aliphatic rings. The number of methoxy groups -OCH3 is 1. The first-order chi connectivity index (χ1) is 18.2. The van der Waals surface area contributed by atoms with Gasteiger partial charge in [-0.05, 0) is 43.4 Å². The molecule has 1 saturated heterocycles. The van der Waals surface area contributed by atoms with Crippen LogP contribution in [0.25, 0.3) is 11.0 Å². The number of anilines is 1. The molecular formula is C26H27ClN7O3Si. The van der Waals surface area contributed by atoms with Crippen LogP contribution in [0, 0.1) is 11.8 Å². The molecule has 195 valence electrons. The van der Waals surface area contributed by atoms with Crippen molar-refractivity contribution in [1.82, 2.24) is 24.2 Å². The highest BCUT2D eigenvalue weighted by Crippen LogP contribution is 2.38. The van der Waals surface area contributed by atoms with Crippen molar-refractivity contribution in [3.05, 3.63) is 53.0 Å². The minimum atomic E-state index is -0.851. The minimum absolute atomic E-state index is 0.143. The lowest BCUT2D eigenvalue weighted by atomic mass is 10.1. The molecule has 2 amide bonds. The van der Waals surface area contributed by atoms with Gasteiger partial charge < -0.3 is 25.3 Å². The third-order valence-electron chi connectivity index (χ3n) is 6.96. The van der Waals surface area contributed by atoms with Gasteiger partial charge in [0, 0.05) is 32.3 Å². The van der Waals surface area contributed by atoms with Crippen LogP contribution < -0.4 is 11.1 Å². The lowest BCUT2D eigenvalue weighted by Crippen LogP contribution is -2.41. The summed E-state index contributed by atoms with van der Waals surface area (Å²) in [5.41, 5.74) is 8.43. The number of aromatic nitrogens is 4. The molecule has 3 aromatic rings. The quantitative estimate of drug-likeness (QED) is 0.265. The van der Waals surface area contributed by atoms with Crippen LogP contribution in [0.1, 0.15) is 46.9 Å². The van der Waals surface area contributed by atoms with Gasteiger partial charge >= 0.3 is 0 Å². The average Bonchev–Trinajstić information content (AvgIpc) is 3.39. The van der Waals surface area contributed by atoms with Crippen LogP contribution in [-0.4, -0.2) is 79.6 Å². The third-order valence-corrected chi connectivity index (χ3v) is 7.84. The predicted molar refractivity (Wildman–Crippen MR) is 145 cm³/mol. The zero-order valence-electron chi connectivity index (χ0n) is 21.1. The molecule has 2 aromatic heterocycles. The van der Waals surface area contributed by atoms with Crippen LogP contribution in [0.4, 0.5) is 5.82 Å². The van der Waals surface area contributed by atoms with Gasteiger partial charge in [-0.15, -0.1) is 0 Å². The fourth-order valence-corrected chi connectivity index (χ4v) is 5.81. The Kier molecular flexibility index (Phi) is 6.81. The van der Waals surface area contributed by atoms with Gasteiger partial charge in [-0.2, -0.15) is 5.10 Å². The van der Waals surface area contributed by atoms with Gasteiger partial charge in [0.2, 0.25) is 5.91 Å². The van der Waals surface area contributed by atoms with E-state index < -0.39 is 11.1 Å². The van der Waals surface area contributed by atoms with E-state index in [9.17, 15) is 9.59 Å². The highest BCUT2D eigenvalue weighted by atomic mass is 35.5. The lowest BCUT2D eigenvalue weighted by molar-refractivity contribution is -0.127. The molecule has 1 aromatic carbocycles. The number of nitrogens with two attached hydrogens (primary N) is 1. The number of carbonyl (C=O) groups is 2. The van der Waals surface area contributed by atoms with E-state index in [-0.39, 0.29) is 29.8 Å². The van der Waals surface area contributed by atoms with E-state index in [0.29, 0.717) is 35.5 Å². The number of halogens is 1. The van der Waals surface area contributed by atoms with Gasteiger partial charge in [0.25, 0.3) is 5.91 Å². The molecule has 38 heavy (non-hydrogen) atoms. The first-order valence-electron chi connectivity index (χ1n) is 12.2. The number of hydrogen-bond donors (Lipinski definition) is 2. The van der Waals surface area contributed by atoms with Gasteiger partial charge in [-0.1, -0.05) is 24.1 Å². The molecule has 1 aliphatic carbocycles. The Morgan fingerprint density at radius 2 is 2.16 bits per heavy atom. The Hall–Kier alpha value is -3.59. The normalized spacial score (nSPS) is 20.8. The van der Waals surface area contributed by atoms with Crippen molar-refractivity contribution in [2.75, 3.05) is 32.6 Å². The van der Waals surface area contributed by atoms with Gasteiger partial charge in [0.1, 0.15) is 11.4 Å². The standard InChI is InChI=1S/C26H27ClN7O3Si/c1-4-22(35)32-13-26(38,11-17(32)12-37-3)34-25(29-2)23(24(28)36)19(31-34)8-5-15-9-20-21(10-18(15)27)33(14-30-20)16-6-7-16/h4,9-10,14,16-17,29H,1,6-7,11-13H2,2-3H3,(H2,28,36)/t17-,26-/m1/s1. The summed E-state index contributed by atoms with van der Waals surface area (Å²) in [6.07, 6.45) is 5.83. The van der Waals surface area contributed by atoms with Crippen molar-refractivity contribution < 1.29 is 14.3 Å². The number of benzene rings is 1. The number of amides is 2. The number of ether oxygens (including phenoxy) is 1. The second kappa shape index (κ2) is 9.94. The molecule has 3 heterocycles. The molecule has 1 aliphatic heterocycles. The van der Waals surface area contributed by atoms with Crippen LogP contribution in [0.2, 0.25) is 5.02 Å². The van der Waals surface area contributed by atoms with Crippen molar-refractivity contribution in [3.63, 3.8) is 0 Å². The summed E-state index contributed by atoms with van der Waals surface area (Å²) in [5.74, 6) is 5.51. The van der Waals surface area contributed by atoms with E-state index in [1.54, 1.807) is 23.7 Å². The zero-order chi connectivity index (χ0) is 27.2. The summed E-state index contributed by atoms with van der Waals surface area (Å²) in [5, 5.41) is 7.34. The molecule has 12 heteroatoms. The smallest absolute Gasteiger partial charge is 0.255 e. The van der Waals surface area contributed by atoms with E-state index in [2.05, 4.69) is 48.6 Å². The average molecular weight is 549 g/mol. The summed E-state index contributed by atoms with van der Waals surface area (Å²) in [6.45, 7) is 4.20.